The van der Waals surface area contributed by atoms with E-state index in [1.165, 1.54) is 0 Å². The van der Waals surface area contributed by atoms with Gasteiger partial charge >= 0.3 is 0 Å². The van der Waals surface area contributed by atoms with Gasteiger partial charge in [-0.25, -0.2) is 0 Å². The van der Waals surface area contributed by atoms with Gasteiger partial charge in [0.15, 0.2) is 0 Å². The summed E-state index contributed by atoms with van der Waals surface area (Å²) in [6.07, 6.45) is 2.20. The lowest BCUT2D eigenvalue weighted by molar-refractivity contribution is -0.115. The van der Waals surface area contributed by atoms with Gasteiger partial charge in [0.2, 0.25) is 5.91 Å². The number of amides is 1. The van der Waals surface area contributed by atoms with E-state index in [1.807, 2.05) is 24.3 Å². The second-order valence-corrected chi connectivity index (χ2v) is 3.39. The highest BCUT2D eigenvalue weighted by Gasteiger charge is 2.19. The van der Waals surface area contributed by atoms with Crippen molar-refractivity contribution in [1.82, 2.24) is 4.98 Å². The zero-order chi connectivity index (χ0) is 9.54. The van der Waals surface area contributed by atoms with Crippen LogP contribution in [0.1, 0.15) is 5.56 Å². The number of anilines is 1. The Hall–Kier alpha value is -1.90. The smallest absolute Gasteiger partial charge is 0.228 e. The SMILES string of the molecule is O=C1Cc2c(cnc3ccccc23)N1. The van der Waals surface area contributed by atoms with E-state index < -0.39 is 0 Å². The summed E-state index contributed by atoms with van der Waals surface area (Å²) in [4.78, 5) is 15.5. The minimum atomic E-state index is 0.0538. The highest BCUT2D eigenvalue weighted by molar-refractivity contribution is 6.04. The van der Waals surface area contributed by atoms with E-state index in [0.29, 0.717) is 6.42 Å². The number of aromatic nitrogens is 1. The molecule has 0 saturated heterocycles. The Morgan fingerprint density at radius 2 is 2.14 bits per heavy atom. The van der Waals surface area contributed by atoms with Gasteiger partial charge in [-0.15, -0.1) is 0 Å². The molecule has 0 fully saturated rings. The third kappa shape index (κ3) is 0.923. The van der Waals surface area contributed by atoms with Gasteiger partial charge in [0, 0.05) is 5.39 Å². The lowest BCUT2D eigenvalue weighted by Gasteiger charge is -2.01. The number of benzene rings is 1. The minimum absolute atomic E-state index is 0.0538. The van der Waals surface area contributed by atoms with Crippen molar-refractivity contribution < 1.29 is 4.79 Å². The molecule has 2 aromatic rings. The predicted octanol–water partition coefficient (Wildman–Crippen LogP) is 1.73. The van der Waals surface area contributed by atoms with Crippen LogP contribution in [0.4, 0.5) is 5.69 Å². The monoisotopic (exact) mass is 184 g/mol. The number of nitrogens with one attached hydrogen (secondary N) is 1. The van der Waals surface area contributed by atoms with Gasteiger partial charge in [-0.2, -0.15) is 0 Å². The highest BCUT2D eigenvalue weighted by atomic mass is 16.1. The van der Waals surface area contributed by atoms with Crippen molar-refractivity contribution >= 4 is 22.5 Å². The van der Waals surface area contributed by atoms with Crippen LogP contribution >= 0.6 is 0 Å². The van der Waals surface area contributed by atoms with Gasteiger partial charge in [-0.05, 0) is 11.6 Å². The quantitative estimate of drug-likeness (QED) is 0.677. The molecule has 68 valence electrons. The Kier molecular flexibility index (Phi) is 1.36. The minimum Gasteiger partial charge on any atom is -0.324 e. The number of hydrogen-bond acceptors (Lipinski definition) is 2. The van der Waals surface area contributed by atoms with Crippen LogP contribution in [0.5, 0.6) is 0 Å². The van der Waals surface area contributed by atoms with Crippen molar-refractivity contribution in [2.75, 3.05) is 5.32 Å². The number of nitrogens with zero attached hydrogens (tertiary/aromatic N) is 1. The second-order valence-electron chi connectivity index (χ2n) is 3.39. The summed E-state index contributed by atoms with van der Waals surface area (Å²) >= 11 is 0. The molecule has 3 rings (SSSR count). The molecule has 1 aliphatic rings. The first kappa shape index (κ1) is 7.50. The maximum atomic E-state index is 11.2. The molecule has 0 bridgehead atoms. The summed E-state index contributed by atoms with van der Waals surface area (Å²) < 4.78 is 0. The summed E-state index contributed by atoms with van der Waals surface area (Å²) in [7, 11) is 0. The Labute approximate surface area is 80.8 Å². The van der Waals surface area contributed by atoms with Crippen molar-refractivity contribution in [3.05, 3.63) is 36.0 Å². The fraction of sp³-hybridized carbons (Fsp3) is 0.0909. The molecule has 1 aliphatic heterocycles. The molecular weight excluding hydrogens is 176 g/mol. The summed E-state index contributed by atoms with van der Waals surface area (Å²) in [6.45, 7) is 0. The van der Waals surface area contributed by atoms with E-state index in [-0.39, 0.29) is 5.91 Å². The summed E-state index contributed by atoms with van der Waals surface area (Å²) in [5, 5.41) is 3.86. The van der Waals surface area contributed by atoms with E-state index in [2.05, 4.69) is 10.3 Å². The lowest BCUT2D eigenvalue weighted by atomic mass is 10.1. The van der Waals surface area contributed by atoms with Crippen molar-refractivity contribution in [2.45, 2.75) is 6.42 Å². The zero-order valence-electron chi connectivity index (χ0n) is 7.45. The van der Waals surface area contributed by atoms with Gasteiger partial charge in [-0.1, -0.05) is 18.2 Å². The Balaban J connectivity index is 2.39. The van der Waals surface area contributed by atoms with Crippen LogP contribution in [-0.2, 0) is 11.2 Å². The maximum absolute atomic E-state index is 11.2. The van der Waals surface area contributed by atoms with Crippen molar-refractivity contribution in [3.8, 4) is 0 Å². The third-order valence-corrected chi connectivity index (χ3v) is 2.50. The van der Waals surface area contributed by atoms with Crippen LogP contribution in [0.15, 0.2) is 30.5 Å². The molecule has 0 radical (unpaired) electrons. The number of para-hydroxylation sites is 1. The second kappa shape index (κ2) is 2.54. The summed E-state index contributed by atoms with van der Waals surface area (Å²) in [5.74, 6) is 0.0538. The molecule has 14 heavy (non-hydrogen) atoms. The standard InChI is InChI=1S/C11H8N2O/c14-11-5-8-7-3-1-2-4-9(7)12-6-10(8)13-11/h1-4,6H,5H2,(H,13,14). The molecule has 1 aromatic heterocycles. The van der Waals surface area contributed by atoms with E-state index in [9.17, 15) is 4.79 Å². The molecular formula is C11H8N2O. The van der Waals surface area contributed by atoms with Crippen LogP contribution in [-0.4, -0.2) is 10.9 Å². The molecule has 0 aliphatic carbocycles. The van der Waals surface area contributed by atoms with Gasteiger partial charge in [0.1, 0.15) is 0 Å². The molecule has 3 heteroatoms. The number of rotatable bonds is 0. The van der Waals surface area contributed by atoms with Gasteiger partial charge in [0.25, 0.3) is 0 Å². The van der Waals surface area contributed by atoms with Crippen LogP contribution in [0.3, 0.4) is 0 Å². The molecule has 3 nitrogen and oxygen atoms in total. The maximum Gasteiger partial charge on any atom is 0.228 e. The third-order valence-electron chi connectivity index (χ3n) is 2.50. The summed E-state index contributed by atoms with van der Waals surface area (Å²) in [5.41, 5.74) is 2.87. The molecule has 1 N–H and O–H groups in total. The number of pyridine rings is 1. The van der Waals surface area contributed by atoms with E-state index in [4.69, 9.17) is 0 Å². The van der Waals surface area contributed by atoms with E-state index in [1.54, 1.807) is 6.20 Å². The predicted molar refractivity (Wildman–Crippen MR) is 54.1 cm³/mol. The largest absolute Gasteiger partial charge is 0.324 e. The molecule has 0 atom stereocenters. The van der Waals surface area contributed by atoms with E-state index in [0.717, 1.165) is 22.2 Å². The molecule has 0 spiro atoms. The number of fused-ring (bicyclic) bond motifs is 3. The topological polar surface area (TPSA) is 42.0 Å². The Bertz CT molecular complexity index is 534. The van der Waals surface area contributed by atoms with Crippen LogP contribution in [0.2, 0.25) is 0 Å². The molecule has 0 saturated carbocycles. The first-order valence-corrected chi connectivity index (χ1v) is 4.51. The first-order valence-electron chi connectivity index (χ1n) is 4.51. The fourth-order valence-electron chi connectivity index (χ4n) is 1.85. The number of carbonyl (C=O) groups excluding carboxylic acids is 1. The van der Waals surface area contributed by atoms with Crippen LogP contribution in [0.25, 0.3) is 10.9 Å². The van der Waals surface area contributed by atoms with Gasteiger partial charge in [-0.3, -0.25) is 9.78 Å². The number of hydrogen-bond donors (Lipinski definition) is 1. The molecule has 0 unspecified atom stereocenters. The molecule has 1 aromatic carbocycles. The Morgan fingerprint density at radius 3 is 3.07 bits per heavy atom. The van der Waals surface area contributed by atoms with Crippen molar-refractivity contribution in [2.24, 2.45) is 0 Å². The number of carbonyl (C=O) groups is 1. The van der Waals surface area contributed by atoms with Crippen molar-refractivity contribution in [1.29, 1.82) is 0 Å². The van der Waals surface area contributed by atoms with Crippen LogP contribution in [0, 0.1) is 0 Å². The average Bonchev–Trinajstić information content (AvgIpc) is 2.59. The average molecular weight is 184 g/mol. The van der Waals surface area contributed by atoms with E-state index >= 15 is 0 Å². The van der Waals surface area contributed by atoms with Crippen LogP contribution < -0.4 is 5.32 Å². The highest BCUT2D eigenvalue weighted by Crippen LogP contribution is 2.28. The fourth-order valence-corrected chi connectivity index (χ4v) is 1.85. The Morgan fingerprint density at radius 1 is 1.29 bits per heavy atom. The molecule has 2 heterocycles. The van der Waals surface area contributed by atoms with Crippen molar-refractivity contribution in [3.63, 3.8) is 0 Å². The normalized spacial score (nSPS) is 14.1. The van der Waals surface area contributed by atoms with Gasteiger partial charge in [0.05, 0.1) is 23.8 Å². The summed E-state index contributed by atoms with van der Waals surface area (Å²) in [6, 6.07) is 7.87. The zero-order valence-corrected chi connectivity index (χ0v) is 7.45. The van der Waals surface area contributed by atoms with Gasteiger partial charge < -0.3 is 5.32 Å². The molecule has 1 amide bonds. The first-order chi connectivity index (χ1) is 6.84. The lowest BCUT2D eigenvalue weighted by Crippen LogP contribution is -2.03.